The maximum atomic E-state index is 10.9. The van der Waals surface area contributed by atoms with Crippen molar-refractivity contribution in [1.29, 1.82) is 0 Å². The zero-order valence-electron chi connectivity index (χ0n) is 13.3. The molecule has 6 nitrogen and oxygen atoms in total. The fraction of sp³-hybridized carbons (Fsp3) is 0.375. The summed E-state index contributed by atoms with van der Waals surface area (Å²) in [5, 5.41) is 12.7. The summed E-state index contributed by atoms with van der Waals surface area (Å²) >= 11 is 0. The topological polar surface area (TPSA) is 81.8 Å². The van der Waals surface area contributed by atoms with Crippen LogP contribution in [0.2, 0.25) is 0 Å². The van der Waals surface area contributed by atoms with Crippen molar-refractivity contribution in [2.24, 2.45) is 0 Å². The van der Waals surface area contributed by atoms with Crippen LogP contribution in [0.4, 0.5) is 0 Å². The number of benzene rings is 1. The first-order valence-electron chi connectivity index (χ1n) is 6.74. The van der Waals surface area contributed by atoms with Gasteiger partial charge in [-0.05, 0) is 17.5 Å². The molecule has 1 aromatic carbocycles. The van der Waals surface area contributed by atoms with E-state index in [0.717, 1.165) is 5.56 Å². The molecule has 1 N–H and O–H groups in total. The smallest absolute Gasteiger partial charge is 0.374 e. The molecule has 2 rings (SSSR count). The molecule has 22 heavy (non-hydrogen) atoms. The Morgan fingerprint density at radius 2 is 1.77 bits per heavy atom. The quantitative estimate of drug-likeness (QED) is 0.932. The lowest BCUT2D eigenvalue weighted by Crippen LogP contribution is -2.13. The Morgan fingerprint density at radius 3 is 2.23 bits per heavy atom. The van der Waals surface area contributed by atoms with Gasteiger partial charge in [0.15, 0.2) is 0 Å². The summed E-state index contributed by atoms with van der Waals surface area (Å²) in [5.41, 5.74) is 1.85. The number of aromatic nitrogens is 1. The SMILES string of the molecule is COc1cc(C(C)(C)C)c(OC)cc1-c1cc(C(=O)O)on1. The first-order chi connectivity index (χ1) is 10.3. The Bertz CT molecular complexity index is 697. The highest BCUT2D eigenvalue weighted by Crippen LogP contribution is 2.40. The fourth-order valence-corrected chi connectivity index (χ4v) is 2.19. The van der Waals surface area contributed by atoms with Crippen molar-refractivity contribution in [2.75, 3.05) is 14.2 Å². The van der Waals surface area contributed by atoms with E-state index in [0.29, 0.717) is 22.8 Å². The number of hydrogen-bond acceptors (Lipinski definition) is 5. The second kappa shape index (κ2) is 5.71. The van der Waals surface area contributed by atoms with E-state index < -0.39 is 5.97 Å². The van der Waals surface area contributed by atoms with Crippen LogP contribution in [0.1, 0.15) is 36.9 Å². The predicted molar refractivity (Wildman–Crippen MR) is 80.7 cm³/mol. The second-order valence-corrected chi connectivity index (χ2v) is 5.88. The maximum absolute atomic E-state index is 10.9. The van der Waals surface area contributed by atoms with Crippen LogP contribution in [0.15, 0.2) is 22.7 Å². The molecular formula is C16H19NO5. The largest absolute Gasteiger partial charge is 0.496 e. The Morgan fingerprint density at radius 1 is 1.14 bits per heavy atom. The van der Waals surface area contributed by atoms with Gasteiger partial charge in [0.1, 0.15) is 17.2 Å². The lowest BCUT2D eigenvalue weighted by Gasteiger charge is -2.23. The summed E-state index contributed by atoms with van der Waals surface area (Å²) in [6, 6.07) is 5.02. The summed E-state index contributed by atoms with van der Waals surface area (Å²) in [6.07, 6.45) is 0. The first kappa shape index (κ1) is 15.9. The number of hydrogen-bond donors (Lipinski definition) is 1. The van der Waals surface area contributed by atoms with Crippen LogP contribution in [0.3, 0.4) is 0 Å². The van der Waals surface area contributed by atoms with Crippen LogP contribution in [0.25, 0.3) is 11.3 Å². The summed E-state index contributed by atoms with van der Waals surface area (Å²) in [6.45, 7) is 6.22. The van der Waals surface area contributed by atoms with Crippen LogP contribution >= 0.6 is 0 Å². The van der Waals surface area contributed by atoms with Gasteiger partial charge in [0, 0.05) is 17.2 Å². The van der Waals surface area contributed by atoms with Gasteiger partial charge >= 0.3 is 5.97 Å². The number of ether oxygens (including phenoxy) is 2. The molecule has 0 unspecified atom stereocenters. The van der Waals surface area contributed by atoms with Gasteiger partial charge in [0.2, 0.25) is 5.76 Å². The molecule has 0 fully saturated rings. The zero-order chi connectivity index (χ0) is 16.5. The van der Waals surface area contributed by atoms with Gasteiger partial charge in [-0.3, -0.25) is 0 Å². The number of carboxylic acids is 1. The zero-order valence-corrected chi connectivity index (χ0v) is 13.3. The van der Waals surface area contributed by atoms with E-state index in [1.54, 1.807) is 20.3 Å². The number of methoxy groups -OCH3 is 2. The van der Waals surface area contributed by atoms with Crippen molar-refractivity contribution >= 4 is 5.97 Å². The van der Waals surface area contributed by atoms with E-state index in [1.807, 2.05) is 6.07 Å². The van der Waals surface area contributed by atoms with Crippen molar-refractivity contribution in [3.63, 3.8) is 0 Å². The highest BCUT2D eigenvalue weighted by molar-refractivity contribution is 5.86. The van der Waals surface area contributed by atoms with Crippen molar-refractivity contribution in [3.05, 3.63) is 29.5 Å². The Kier molecular flexibility index (Phi) is 4.12. The van der Waals surface area contributed by atoms with Crippen LogP contribution in [-0.2, 0) is 5.41 Å². The Hall–Kier alpha value is -2.50. The van der Waals surface area contributed by atoms with Crippen LogP contribution < -0.4 is 9.47 Å². The van der Waals surface area contributed by atoms with Gasteiger partial charge in [-0.15, -0.1) is 0 Å². The van der Waals surface area contributed by atoms with Crippen molar-refractivity contribution in [3.8, 4) is 22.8 Å². The van der Waals surface area contributed by atoms with E-state index in [-0.39, 0.29) is 11.2 Å². The Labute approximate surface area is 128 Å². The molecule has 2 aromatic rings. The van der Waals surface area contributed by atoms with E-state index >= 15 is 0 Å². The van der Waals surface area contributed by atoms with E-state index in [9.17, 15) is 4.79 Å². The average Bonchev–Trinajstić information content (AvgIpc) is 2.94. The summed E-state index contributed by atoms with van der Waals surface area (Å²) in [4.78, 5) is 10.9. The van der Waals surface area contributed by atoms with Gasteiger partial charge in [-0.25, -0.2) is 4.79 Å². The maximum Gasteiger partial charge on any atom is 0.374 e. The highest BCUT2D eigenvalue weighted by Gasteiger charge is 2.24. The van der Waals surface area contributed by atoms with Crippen LogP contribution in [-0.4, -0.2) is 30.5 Å². The molecule has 1 aromatic heterocycles. The summed E-state index contributed by atoms with van der Waals surface area (Å²) in [7, 11) is 3.14. The number of carbonyl (C=O) groups is 1. The predicted octanol–water partition coefficient (Wildman–Crippen LogP) is 3.35. The number of nitrogens with zero attached hydrogens (tertiary/aromatic N) is 1. The third-order valence-electron chi connectivity index (χ3n) is 3.33. The molecule has 0 saturated heterocycles. The minimum Gasteiger partial charge on any atom is -0.496 e. The highest BCUT2D eigenvalue weighted by atomic mass is 16.5. The molecule has 0 radical (unpaired) electrons. The number of aromatic carboxylic acids is 1. The summed E-state index contributed by atoms with van der Waals surface area (Å²) < 4.78 is 15.7. The first-order valence-corrected chi connectivity index (χ1v) is 6.74. The van der Waals surface area contributed by atoms with Gasteiger partial charge in [0.05, 0.1) is 14.2 Å². The minimum atomic E-state index is -1.17. The molecule has 0 amide bonds. The van der Waals surface area contributed by atoms with Gasteiger partial charge in [-0.2, -0.15) is 0 Å². The van der Waals surface area contributed by atoms with Crippen LogP contribution in [0, 0.1) is 0 Å². The minimum absolute atomic E-state index is 0.132. The monoisotopic (exact) mass is 305 g/mol. The Balaban J connectivity index is 2.62. The molecule has 0 spiro atoms. The number of rotatable bonds is 4. The number of carboxylic acid groups (broad SMARTS) is 1. The molecule has 0 aliphatic heterocycles. The molecular weight excluding hydrogens is 286 g/mol. The standard InChI is InChI=1S/C16H19NO5/c1-16(2,3)10-7-12(20-4)9(6-13(10)21-5)11-8-14(15(18)19)22-17-11/h6-8H,1-5H3,(H,18,19). The molecule has 6 heteroatoms. The van der Waals surface area contributed by atoms with E-state index in [2.05, 4.69) is 25.9 Å². The third-order valence-corrected chi connectivity index (χ3v) is 3.33. The third kappa shape index (κ3) is 2.90. The molecule has 0 atom stereocenters. The van der Waals surface area contributed by atoms with Crippen molar-refractivity contribution < 1.29 is 23.9 Å². The lowest BCUT2D eigenvalue weighted by molar-refractivity contribution is 0.0652. The van der Waals surface area contributed by atoms with Crippen molar-refractivity contribution in [1.82, 2.24) is 5.16 Å². The van der Waals surface area contributed by atoms with E-state index in [1.165, 1.54) is 6.07 Å². The van der Waals surface area contributed by atoms with Gasteiger partial charge in [0.25, 0.3) is 0 Å². The fourth-order valence-electron chi connectivity index (χ4n) is 2.19. The van der Waals surface area contributed by atoms with E-state index in [4.69, 9.17) is 19.1 Å². The average molecular weight is 305 g/mol. The molecule has 0 bridgehead atoms. The van der Waals surface area contributed by atoms with Gasteiger partial charge in [-0.1, -0.05) is 25.9 Å². The lowest BCUT2D eigenvalue weighted by atomic mass is 9.85. The normalized spacial score (nSPS) is 11.3. The molecule has 1 heterocycles. The molecule has 118 valence electrons. The molecule has 0 aliphatic rings. The van der Waals surface area contributed by atoms with Crippen molar-refractivity contribution in [2.45, 2.75) is 26.2 Å². The van der Waals surface area contributed by atoms with Crippen LogP contribution in [0.5, 0.6) is 11.5 Å². The molecule has 0 aliphatic carbocycles. The summed E-state index contributed by atoms with van der Waals surface area (Å²) in [5.74, 6) is -0.133. The molecule has 0 saturated carbocycles. The van der Waals surface area contributed by atoms with Gasteiger partial charge < -0.3 is 19.1 Å². The second-order valence-electron chi connectivity index (χ2n) is 5.88.